The number of carbonyl (C=O) groups excluding carboxylic acids is 4. The SMILES string of the molecule is CC(C)(C)C(=O)OCN1C(=O)N[C@](C)(c2ccc(C(=O)OCc3ccccc3)cc2)C1=O. The zero-order valence-electron chi connectivity index (χ0n) is 18.5. The van der Waals surface area contributed by atoms with Crippen LogP contribution >= 0.6 is 0 Å². The lowest BCUT2D eigenvalue weighted by Crippen LogP contribution is -2.41. The maximum absolute atomic E-state index is 12.9. The first-order valence-electron chi connectivity index (χ1n) is 10.2. The number of esters is 2. The fourth-order valence-corrected chi connectivity index (χ4v) is 3.10. The van der Waals surface area contributed by atoms with Gasteiger partial charge >= 0.3 is 18.0 Å². The van der Waals surface area contributed by atoms with Crippen molar-refractivity contribution >= 4 is 23.9 Å². The van der Waals surface area contributed by atoms with Gasteiger partial charge in [-0.2, -0.15) is 0 Å². The highest BCUT2D eigenvalue weighted by atomic mass is 16.5. The third-order valence-corrected chi connectivity index (χ3v) is 5.12. The molecule has 168 valence electrons. The summed E-state index contributed by atoms with van der Waals surface area (Å²) >= 11 is 0. The number of hydrogen-bond acceptors (Lipinski definition) is 6. The summed E-state index contributed by atoms with van der Waals surface area (Å²) < 4.78 is 10.4. The van der Waals surface area contributed by atoms with Crippen LogP contribution < -0.4 is 5.32 Å². The van der Waals surface area contributed by atoms with Crippen molar-refractivity contribution in [3.8, 4) is 0 Å². The molecule has 1 heterocycles. The second-order valence-electron chi connectivity index (χ2n) is 8.74. The Balaban J connectivity index is 1.66. The first-order chi connectivity index (χ1) is 15.0. The number of amides is 3. The predicted octanol–water partition coefficient (Wildman–Crippen LogP) is 3.36. The van der Waals surface area contributed by atoms with Crippen LogP contribution in [-0.2, 0) is 31.2 Å². The second kappa shape index (κ2) is 8.82. The zero-order valence-corrected chi connectivity index (χ0v) is 18.5. The first-order valence-corrected chi connectivity index (χ1v) is 10.2. The molecule has 0 aromatic heterocycles. The molecule has 2 aromatic carbocycles. The summed E-state index contributed by atoms with van der Waals surface area (Å²) in [5.41, 5.74) is -0.428. The lowest BCUT2D eigenvalue weighted by atomic mass is 9.91. The number of nitrogens with zero attached hydrogens (tertiary/aromatic N) is 1. The van der Waals surface area contributed by atoms with E-state index in [-0.39, 0.29) is 6.61 Å². The monoisotopic (exact) mass is 438 g/mol. The van der Waals surface area contributed by atoms with E-state index in [0.29, 0.717) is 11.1 Å². The summed E-state index contributed by atoms with van der Waals surface area (Å²) in [6.07, 6.45) is 0. The van der Waals surface area contributed by atoms with Crippen molar-refractivity contribution in [2.24, 2.45) is 5.41 Å². The van der Waals surface area contributed by atoms with Crippen LogP contribution in [0.1, 0.15) is 49.2 Å². The molecule has 0 unspecified atom stereocenters. The molecule has 32 heavy (non-hydrogen) atoms. The van der Waals surface area contributed by atoms with E-state index in [9.17, 15) is 19.2 Å². The lowest BCUT2D eigenvalue weighted by Gasteiger charge is -2.23. The van der Waals surface area contributed by atoms with E-state index in [4.69, 9.17) is 9.47 Å². The van der Waals surface area contributed by atoms with Gasteiger partial charge in [-0.05, 0) is 51.0 Å². The minimum Gasteiger partial charge on any atom is -0.457 e. The highest BCUT2D eigenvalue weighted by Gasteiger charge is 2.49. The molecule has 8 nitrogen and oxygen atoms in total. The second-order valence-corrected chi connectivity index (χ2v) is 8.74. The maximum atomic E-state index is 12.9. The normalized spacial score (nSPS) is 18.3. The smallest absolute Gasteiger partial charge is 0.338 e. The molecule has 1 N–H and O–H groups in total. The lowest BCUT2D eigenvalue weighted by molar-refractivity contribution is -0.158. The predicted molar refractivity (Wildman–Crippen MR) is 115 cm³/mol. The molecule has 0 radical (unpaired) electrons. The summed E-state index contributed by atoms with van der Waals surface area (Å²) in [5, 5.41) is 2.63. The van der Waals surface area contributed by atoms with Crippen LogP contribution in [0.25, 0.3) is 0 Å². The molecule has 3 amide bonds. The van der Waals surface area contributed by atoms with Crippen molar-refractivity contribution < 1.29 is 28.7 Å². The van der Waals surface area contributed by atoms with Gasteiger partial charge < -0.3 is 14.8 Å². The van der Waals surface area contributed by atoms with Gasteiger partial charge in [0.05, 0.1) is 11.0 Å². The van der Waals surface area contributed by atoms with Gasteiger partial charge in [-0.25, -0.2) is 14.5 Å². The summed E-state index contributed by atoms with van der Waals surface area (Å²) in [5.74, 6) is -1.57. The highest BCUT2D eigenvalue weighted by Crippen LogP contribution is 2.29. The molecule has 0 saturated carbocycles. The molecule has 0 spiro atoms. The Bertz CT molecular complexity index is 1030. The standard InChI is InChI=1S/C24H26N2O6/c1-23(2,3)21(29)32-15-26-20(28)24(4,25-22(26)30)18-12-10-17(11-13-18)19(27)31-14-16-8-6-5-7-9-16/h5-13H,14-15H2,1-4H3,(H,25,30)/t24-/m1/s1. The van der Waals surface area contributed by atoms with Crippen LogP contribution in [0.3, 0.4) is 0 Å². The number of hydrogen-bond donors (Lipinski definition) is 1. The Kier molecular flexibility index (Phi) is 6.34. The number of benzene rings is 2. The molecular weight excluding hydrogens is 412 g/mol. The highest BCUT2D eigenvalue weighted by molar-refractivity contribution is 6.07. The van der Waals surface area contributed by atoms with Crippen molar-refractivity contribution in [2.75, 3.05) is 6.73 Å². The van der Waals surface area contributed by atoms with Gasteiger partial charge in [-0.1, -0.05) is 42.5 Å². The van der Waals surface area contributed by atoms with Crippen LogP contribution in [0, 0.1) is 5.41 Å². The number of ether oxygens (including phenoxy) is 2. The van der Waals surface area contributed by atoms with Crippen molar-refractivity contribution in [1.29, 1.82) is 0 Å². The van der Waals surface area contributed by atoms with E-state index in [1.165, 1.54) is 12.1 Å². The Morgan fingerprint density at radius 2 is 1.59 bits per heavy atom. The topological polar surface area (TPSA) is 102 Å². The van der Waals surface area contributed by atoms with Crippen molar-refractivity contribution in [1.82, 2.24) is 10.2 Å². The number of urea groups is 1. The Morgan fingerprint density at radius 3 is 2.19 bits per heavy atom. The number of imide groups is 1. The fourth-order valence-electron chi connectivity index (χ4n) is 3.10. The molecule has 1 saturated heterocycles. The van der Waals surface area contributed by atoms with E-state index in [0.717, 1.165) is 10.5 Å². The van der Waals surface area contributed by atoms with Gasteiger partial charge in [0, 0.05) is 0 Å². The first kappa shape index (κ1) is 23.0. The molecule has 1 atom stereocenters. The summed E-state index contributed by atoms with van der Waals surface area (Å²) in [7, 11) is 0. The molecule has 3 rings (SSSR count). The van der Waals surface area contributed by atoms with Gasteiger partial charge in [0.25, 0.3) is 5.91 Å². The molecule has 2 aromatic rings. The van der Waals surface area contributed by atoms with Crippen molar-refractivity contribution in [3.63, 3.8) is 0 Å². The minimum absolute atomic E-state index is 0.149. The zero-order chi connectivity index (χ0) is 23.5. The average molecular weight is 438 g/mol. The molecule has 1 aliphatic rings. The van der Waals surface area contributed by atoms with Crippen LogP contribution in [0.4, 0.5) is 4.79 Å². The van der Waals surface area contributed by atoms with Gasteiger partial charge in [-0.3, -0.25) is 9.59 Å². The van der Waals surface area contributed by atoms with Crippen molar-refractivity contribution in [2.45, 2.75) is 39.8 Å². The summed E-state index contributed by atoms with van der Waals surface area (Å²) in [6.45, 7) is 6.27. The molecule has 1 fully saturated rings. The maximum Gasteiger partial charge on any atom is 0.338 e. The third kappa shape index (κ3) is 4.80. The van der Waals surface area contributed by atoms with E-state index in [1.54, 1.807) is 39.8 Å². The van der Waals surface area contributed by atoms with Gasteiger partial charge in [0.1, 0.15) is 12.1 Å². The number of carbonyl (C=O) groups is 4. The molecule has 0 aliphatic carbocycles. The Labute approximate surface area is 186 Å². The molecule has 1 aliphatic heterocycles. The molecular formula is C24H26N2O6. The fraction of sp³-hybridized carbons (Fsp3) is 0.333. The largest absolute Gasteiger partial charge is 0.457 e. The van der Waals surface area contributed by atoms with Gasteiger partial charge in [0.15, 0.2) is 6.73 Å². The quantitative estimate of drug-likeness (QED) is 0.548. The van der Waals surface area contributed by atoms with E-state index in [1.807, 2.05) is 30.3 Å². The molecule has 8 heteroatoms. The third-order valence-electron chi connectivity index (χ3n) is 5.12. The summed E-state index contributed by atoms with van der Waals surface area (Å²) in [4.78, 5) is 50.4. The number of nitrogens with one attached hydrogen (secondary N) is 1. The summed E-state index contributed by atoms with van der Waals surface area (Å²) in [6, 6.07) is 14.9. The van der Waals surface area contributed by atoms with Crippen LogP contribution in [-0.4, -0.2) is 35.5 Å². The Hall–Kier alpha value is -3.68. The van der Waals surface area contributed by atoms with Crippen LogP contribution in [0.15, 0.2) is 54.6 Å². The van der Waals surface area contributed by atoms with E-state index in [2.05, 4.69) is 5.32 Å². The van der Waals surface area contributed by atoms with Gasteiger partial charge in [-0.15, -0.1) is 0 Å². The minimum atomic E-state index is -1.35. The van der Waals surface area contributed by atoms with Crippen LogP contribution in [0.2, 0.25) is 0 Å². The Morgan fingerprint density at radius 1 is 0.969 bits per heavy atom. The average Bonchev–Trinajstić information content (AvgIpc) is 2.99. The van der Waals surface area contributed by atoms with Crippen molar-refractivity contribution in [3.05, 3.63) is 71.3 Å². The van der Waals surface area contributed by atoms with E-state index < -0.39 is 41.6 Å². The number of rotatable bonds is 6. The van der Waals surface area contributed by atoms with Crippen LogP contribution in [0.5, 0.6) is 0 Å². The molecule has 0 bridgehead atoms. The van der Waals surface area contributed by atoms with Gasteiger partial charge in [0.2, 0.25) is 0 Å². The van der Waals surface area contributed by atoms with E-state index >= 15 is 0 Å².